The molecule has 108 valence electrons. The van der Waals surface area contributed by atoms with Crippen molar-refractivity contribution in [2.45, 2.75) is 6.92 Å². The zero-order chi connectivity index (χ0) is 15.4. The first-order chi connectivity index (χ1) is 9.99. The van der Waals surface area contributed by atoms with Crippen LogP contribution in [0.1, 0.15) is 21.5 Å². The molecule has 0 aliphatic heterocycles. The van der Waals surface area contributed by atoms with Crippen LogP contribution in [-0.2, 0) is 0 Å². The predicted octanol–water partition coefficient (Wildman–Crippen LogP) is 3.77. The number of hydrogen-bond acceptors (Lipinski definition) is 3. The van der Waals surface area contributed by atoms with E-state index in [0.29, 0.717) is 11.1 Å². The molecular weight excluding hydrogens is 311 g/mol. The molecule has 0 unspecified atom stereocenters. The smallest absolute Gasteiger partial charge is 0.271 e. The molecule has 0 radical (unpaired) electrons. The summed E-state index contributed by atoms with van der Waals surface area (Å²) in [5.41, 5.74) is 4.29. The number of benzene rings is 2. The summed E-state index contributed by atoms with van der Waals surface area (Å²) in [5.74, 6) is -0.525. The molecule has 2 aromatic rings. The number of rotatable bonds is 3. The summed E-state index contributed by atoms with van der Waals surface area (Å²) in [7, 11) is 0. The van der Waals surface area contributed by atoms with Gasteiger partial charge in [-0.15, -0.1) is 0 Å². The second kappa shape index (κ2) is 6.61. The Kier molecular flexibility index (Phi) is 4.83. The third-order valence-corrected chi connectivity index (χ3v) is 3.58. The van der Waals surface area contributed by atoms with Gasteiger partial charge in [-0.2, -0.15) is 5.10 Å². The standard InChI is InChI=1S/C15H12Cl2N2O2/c1-9-2-4-10(5-3-9)15(21)19-18-8-11-6-7-12(16)13(17)14(11)20/h2-8,20H,1H3,(H,19,21). The molecule has 2 N–H and O–H groups in total. The summed E-state index contributed by atoms with van der Waals surface area (Å²) in [6.45, 7) is 1.94. The highest BCUT2D eigenvalue weighted by atomic mass is 35.5. The average molecular weight is 323 g/mol. The van der Waals surface area contributed by atoms with Crippen molar-refractivity contribution in [3.05, 3.63) is 63.1 Å². The number of aryl methyl sites for hydroxylation is 1. The minimum Gasteiger partial charge on any atom is -0.506 e. The lowest BCUT2D eigenvalue weighted by Gasteiger charge is -2.03. The van der Waals surface area contributed by atoms with Crippen molar-refractivity contribution in [2.24, 2.45) is 5.10 Å². The van der Waals surface area contributed by atoms with Gasteiger partial charge in [-0.3, -0.25) is 4.79 Å². The molecule has 0 aliphatic carbocycles. The Hall–Kier alpha value is -2.04. The van der Waals surface area contributed by atoms with Crippen molar-refractivity contribution in [1.29, 1.82) is 0 Å². The first kappa shape index (κ1) is 15.4. The third kappa shape index (κ3) is 3.74. The van der Waals surface area contributed by atoms with E-state index in [0.717, 1.165) is 5.56 Å². The number of halogens is 2. The van der Waals surface area contributed by atoms with Gasteiger partial charge in [-0.1, -0.05) is 40.9 Å². The van der Waals surface area contributed by atoms with Gasteiger partial charge in [-0.25, -0.2) is 5.43 Å². The van der Waals surface area contributed by atoms with Gasteiger partial charge < -0.3 is 5.11 Å². The van der Waals surface area contributed by atoms with Crippen LogP contribution < -0.4 is 5.43 Å². The van der Waals surface area contributed by atoms with E-state index in [1.807, 2.05) is 19.1 Å². The number of nitrogens with zero attached hydrogens (tertiary/aromatic N) is 1. The minimum atomic E-state index is -0.342. The maximum Gasteiger partial charge on any atom is 0.271 e. The number of phenolic OH excluding ortho intramolecular Hbond substituents is 1. The van der Waals surface area contributed by atoms with Crippen LogP contribution in [0.15, 0.2) is 41.5 Å². The monoisotopic (exact) mass is 322 g/mol. The highest BCUT2D eigenvalue weighted by Gasteiger charge is 2.08. The van der Waals surface area contributed by atoms with Gasteiger partial charge >= 0.3 is 0 Å². The van der Waals surface area contributed by atoms with Crippen LogP contribution >= 0.6 is 23.2 Å². The molecule has 2 aromatic carbocycles. The molecule has 0 aliphatic rings. The number of phenols is 1. The van der Waals surface area contributed by atoms with Gasteiger partial charge in [-0.05, 0) is 31.2 Å². The van der Waals surface area contributed by atoms with Crippen LogP contribution in [0.4, 0.5) is 0 Å². The summed E-state index contributed by atoms with van der Waals surface area (Å²) < 4.78 is 0. The van der Waals surface area contributed by atoms with Crippen LogP contribution in [-0.4, -0.2) is 17.2 Å². The predicted molar refractivity (Wildman–Crippen MR) is 84.4 cm³/mol. The molecule has 2 rings (SSSR count). The summed E-state index contributed by atoms with van der Waals surface area (Å²) in [5, 5.41) is 13.8. The molecule has 0 fully saturated rings. The fraction of sp³-hybridized carbons (Fsp3) is 0.0667. The number of carbonyl (C=O) groups excluding carboxylic acids is 1. The highest BCUT2D eigenvalue weighted by Crippen LogP contribution is 2.33. The average Bonchev–Trinajstić information content (AvgIpc) is 2.48. The Bertz CT molecular complexity index is 698. The van der Waals surface area contributed by atoms with Crippen molar-refractivity contribution in [2.75, 3.05) is 0 Å². The van der Waals surface area contributed by atoms with E-state index in [-0.39, 0.29) is 21.7 Å². The molecule has 0 heterocycles. The Balaban J connectivity index is 2.07. The number of amides is 1. The van der Waals surface area contributed by atoms with Gasteiger partial charge in [0.25, 0.3) is 5.91 Å². The number of nitrogens with one attached hydrogen (secondary N) is 1. The zero-order valence-corrected chi connectivity index (χ0v) is 12.6. The fourth-order valence-corrected chi connectivity index (χ4v) is 1.91. The van der Waals surface area contributed by atoms with Gasteiger partial charge in [0, 0.05) is 11.1 Å². The lowest BCUT2D eigenvalue weighted by Crippen LogP contribution is -2.17. The molecule has 1 amide bonds. The number of hydrazone groups is 1. The van der Waals surface area contributed by atoms with Gasteiger partial charge in [0.2, 0.25) is 0 Å². The molecule has 0 spiro atoms. The Morgan fingerprint density at radius 1 is 1.19 bits per heavy atom. The molecular formula is C15H12Cl2N2O2. The van der Waals surface area contributed by atoms with E-state index >= 15 is 0 Å². The first-order valence-corrected chi connectivity index (χ1v) is 6.81. The van der Waals surface area contributed by atoms with E-state index < -0.39 is 0 Å². The maximum atomic E-state index is 11.8. The van der Waals surface area contributed by atoms with Gasteiger partial charge in [0.15, 0.2) is 0 Å². The largest absolute Gasteiger partial charge is 0.506 e. The van der Waals surface area contributed by atoms with Crippen LogP contribution in [0.3, 0.4) is 0 Å². The minimum absolute atomic E-state index is 0.0467. The fourth-order valence-electron chi connectivity index (χ4n) is 1.59. The van der Waals surface area contributed by atoms with Crippen molar-refractivity contribution < 1.29 is 9.90 Å². The topological polar surface area (TPSA) is 61.7 Å². The van der Waals surface area contributed by atoms with Crippen LogP contribution in [0.25, 0.3) is 0 Å². The second-order valence-corrected chi connectivity index (χ2v) is 5.15. The summed E-state index contributed by atoms with van der Waals surface area (Å²) >= 11 is 11.6. The Morgan fingerprint density at radius 3 is 2.52 bits per heavy atom. The van der Waals surface area contributed by atoms with E-state index in [4.69, 9.17) is 23.2 Å². The van der Waals surface area contributed by atoms with Crippen molar-refractivity contribution >= 4 is 35.3 Å². The van der Waals surface area contributed by atoms with Crippen LogP contribution in [0, 0.1) is 6.92 Å². The number of hydrogen-bond donors (Lipinski definition) is 2. The quantitative estimate of drug-likeness (QED) is 0.667. The molecule has 0 aromatic heterocycles. The molecule has 21 heavy (non-hydrogen) atoms. The molecule has 0 saturated carbocycles. The van der Waals surface area contributed by atoms with Crippen molar-refractivity contribution in [3.8, 4) is 5.75 Å². The molecule has 6 heteroatoms. The van der Waals surface area contributed by atoms with E-state index in [1.165, 1.54) is 12.3 Å². The molecule has 0 saturated heterocycles. The molecule has 0 bridgehead atoms. The summed E-state index contributed by atoms with van der Waals surface area (Å²) in [6, 6.07) is 10.2. The lowest BCUT2D eigenvalue weighted by atomic mass is 10.1. The number of aromatic hydroxyl groups is 1. The maximum absolute atomic E-state index is 11.8. The van der Waals surface area contributed by atoms with E-state index in [1.54, 1.807) is 18.2 Å². The molecule has 0 atom stereocenters. The second-order valence-electron chi connectivity index (χ2n) is 4.36. The van der Waals surface area contributed by atoms with E-state index in [9.17, 15) is 9.90 Å². The Labute approximate surface area is 132 Å². The lowest BCUT2D eigenvalue weighted by molar-refractivity contribution is 0.0955. The summed E-state index contributed by atoms with van der Waals surface area (Å²) in [4.78, 5) is 11.8. The number of carbonyl (C=O) groups is 1. The van der Waals surface area contributed by atoms with Crippen molar-refractivity contribution in [3.63, 3.8) is 0 Å². The van der Waals surface area contributed by atoms with E-state index in [2.05, 4.69) is 10.5 Å². The zero-order valence-electron chi connectivity index (χ0n) is 11.1. The summed E-state index contributed by atoms with van der Waals surface area (Å²) in [6.07, 6.45) is 1.30. The first-order valence-electron chi connectivity index (χ1n) is 6.06. The SMILES string of the molecule is Cc1ccc(C(=O)NN=Cc2ccc(Cl)c(Cl)c2O)cc1. The van der Waals surface area contributed by atoms with Crippen LogP contribution in [0.2, 0.25) is 10.0 Å². The Morgan fingerprint density at radius 2 is 1.86 bits per heavy atom. The highest BCUT2D eigenvalue weighted by molar-refractivity contribution is 6.43. The molecule has 4 nitrogen and oxygen atoms in total. The van der Waals surface area contributed by atoms with Gasteiger partial charge in [0.05, 0.1) is 11.2 Å². The third-order valence-electron chi connectivity index (χ3n) is 2.78. The normalized spacial score (nSPS) is 10.8. The van der Waals surface area contributed by atoms with Crippen molar-refractivity contribution in [1.82, 2.24) is 5.43 Å². The van der Waals surface area contributed by atoms with Crippen LogP contribution in [0.5, 0.6) is 5.75 Å². The van der Waals surface area contributed by atoms with Gasteiger partial charge in [0.1, 0.15) is 10.8 Å².